The van der Waals surface area contributed by atoms with Crippen LogP contribution in [0.3, 0.4) is 0 Å². The molecule has 1 N–H and O–H groups in total. The maximum atomic E-state index is 13.7. The number of hydrogen-bond acceptors (Lipinski definition) is 2. The quantitative estimate of drug-likeness (QED) is 0.881. The highest BCUT2D eigenvalue weighted by atomic mass is 35.5. The first kappa shape index (κ1) is 15.8. The van der Waals surface area contributed by atoms with Crippen molar-refractivity contribution in [2.45, 2.75) is 45.7 Å². The molecule has 1 unspecified atom stereocenters. The topological polar surface area (TPSA) is 46.9 Å². The van der Waals surface area contributed by atoms with Crippen molar-refractivity contribution in [3.63, 3.8) is 0 Å². The fraction of sp³-hybridized carbons (Fsp3) is 0.467. The lowest BCUT2D eigenvalue weighted by Gasteiger charge is -2.18. The van der Waals surface area contributed by atoms with Crippen LogP contribution in [0.4, 0.5) is 4.39 Å². The minimum Gasteiger partial charge on any atom is -0.352 e. The molecule has 0 aliphatic heterocycles. The van der Waals surface area contributed by atoms with Crippen molar-refractivity contribution in [1.29, 1.82) is 0 Å². The van der Waals surface area contributed by atoms with Crippen molar-refractivity contribution in [1.82, 2.24) is 14.9 Å². The number of rotatable bonds is 4. The summed E-state index contributed by atoms with van der Waals surface area (Å²) < 4.78 is 15.4. The molecular weight excluding hydrogens is 293 g/mol. The van der Waals surface area contributed by atoms with E-state index in [0.717, 1.165) is 5.52 Å². The number of halogens is 2. The molecule has 2 rings (SSSR count). The van der Waals surface area contributed by atoms with Gasteiger partial charge in [0, 0.05) is 12.1 Å². The van der Waals surface area contributed by atoms with Crippen molar-refractivity contribution in [3.05, 3.63) is 29.3 Å². The van der Waals surface area contributed by atoms with Crippen LogP contribution in [0, 0.1) is 12.7 Å². The molecule has 4 nitrogen and oxygen atoms in total. The standard InChI is InChI=1S/C15H19ClFN3O/c1-8(2)18-15(21)10(4)20-13-5-9(3)11(17)6-12(13)19-14(20)7-16/h5-6,8,10H,7H2,1-4H3,(H,18,21). The Morgan fingerprint density at radius 3 is 2.67 bits per heavy atom. The van der Waals surface area contributed by atoms with Gasteiger partial charge < -0.3 is 9.88 Å². The van der Waals surface area contributed by atoms with Crippen LogP contribution >= 0.6 is 11.6 Å². The molecule has 1 heterocycles. The highest BCUT2D eigenvalue weighted by molar-refractivity contribution is 6.17. The normalized spacial score (nSPS) is 12.9. The summed E-state index contributed by atoms with van der Waals surface area (Å²) in [6.45, 7) is 7.27. The lowest BCUT2D eigenvalue weighted by atomic mass is 10.2. The number of nitrogens with zero attached hydrogens (tertiary/aromatic N) is 2. The minimum atomic E-state index is -0.462. The summed E-state index contributed by atoms with van der Waals surface area (Å²) in [6.07, 6.45) is 0. The average Bonchev–Trinajstić information content (AvgIpc) is 2.75. The summed E-state index contributed by atoms with van der Waals surface area (Å²) in [6, 6.07) is 2.67. The largest absolute Gasteiger partial charge is 0.352 e. The van der Waals surface area contributed by atoms with E-state index in [2.05, 4.69) is 10.3 Å². The Kier molecular flexibility index (Phi) is 4.52. The van der Waals surface area contributed by atoms with Gasteiger partial charge in [0.25, 0.3) is 0 Å². The molecule has 114 valence electrons. The second-order valence-corrected chi connectivity index (χ2v) is 5.73. The highest BCUT2D eigenvalue weighted by Gasteiger charge is 2.22. The third-order valence-electron chi connectivity index (χ3n) is 3.36. The molecule has 2 aromatic rings. The van der Waals surface area contributed by atoms with Crippen LogP contribution < -0.4 is 5.32 Å². The monoisotopic (exact) mass is 311 g/mol. The first-order valence-corrected chi connectivity index (χ1v) is 7.42. The van der Waals surface area contributed by atoms with Crippen molar-refractivity contribution in [3.8, 4) is 0 Å². The molecule has 0 radical (unpaired) electrons. The summed E-state index contributed by atoms with van der Waals surface area (Å²) in [5, 5.41) is 2.87. The second kappa shape index (κ2) is 6.02. The average molecular weight is 312 g/mol. The Morgan fingerprint density at radius 2 is 2.10 bits per heavy atom. The van der Waals surface area contributed by atoms with Gasteiger partial charge in [-0.2, -0.15) is 0 Å². The number of alkyl halides is 1. The SMILES string of the molecule is Cc1cc2c(cc1F)nc(CCl)n2C(C)C(=O)NC(C)C. The fourth-order valence-corrected chi connectivity index (χ4v) is 2.51. The van der Waals surface area contributed by atoms with Crippen molar-refractivity contribution < 1.29 is 9.18 Å². The Hall–Kier alpha value is -1.62. The summed E-state index contributed by atoms with van der Waals surface area (Å²) in [4.78, 5) is 16.6. The molecule has 0 fully saturated rings. The lowest BCUT2D eigenvalue weighted by molar-refractivity contribution is -0.124. The summed E-state index contributed by atoms with van der Waals surface area (Å²) >= 11 is 5.93. The maximum absolute atomic E-state index is 13.7. The Balaban J connectivity index is 2.55. The van der Waals surface area contributed by atoms with Crippen molar-refractivity contribution in [2.75, 3.05) is 0 Å². The Morgan fingerprint density at radius 1 is 1.43 bits per heavy atom. The van der Waals surface area contributed by atoms with E-state index in [0.29, 0.717) is 16.9 Å². The maximum Gasteiger partial charge on any atom is 0.243 e. The van der Waals surface area contributed by atoms with Gasteiger partial charge in [0.2, 0.25) is 5.91 Å². The smallest absolute Gasteiger partial charge is 0.243 e. The minimum absolute atomic E-state index is 0.0494. The number of aromatic nitrogens is 2. The lowest BCUT2D eigenvalue weighted by Crippen LogP contribution is -2.36. The third-order valence-corrected chi connectivity index (χ3v) is 3.60. The van der Waals surface area contributed by atoms with Gasteiger partial charge in [-0.1, -0.05) is 0 Å². The van der Waals surface area contributed by atoms with Crippen LogP contribution in [-0.4, -0.2) is 21.5 Å². The molecule has 0 bridgehead atoms. The molecular formula is C15H19ClFN3O. The molecule has 1 atom stereocenters. The Labute approximate surface area is 128 Å². The summed E-state index contributed by atoms with van der Waals surface area (Å²) in [5.41, 5.74) is 1.75. The van der Waals surface area contributed by atoms with Gasteiger partial charge in [0.15, 0.2) is 0 Å². The number of fused-ring (bicyclic) bond motifs is 1. The van der Waals surface area contributed by atoms with Gasteiger partial charge in [-0.25, -0.2) is 9.37 Å². The van der Waals surface area contributed by atoms with Gasteiger partial charge >= 0.3 is 0 Å². The highest BCUT2D eigenvalue weighted by Crippen LogP contribution is 2.25. The number of amides is 1. The Bertz CT molecular complexity index is 681. The van der Waals surface area contributed by atoms with E-state index in [4.69, 9.17) is 11.6 Å². The van der Waals surface area contributed by atoms with E-state index < -0.39 is 6.04 Å². The number of imidazole rings is 1. The van der Waals surface area contributed by atoms with Crippen LogP contribution in [0.15, 0.2) is 12.1 Å². The van der Waals surface area contributed by atoms with Crippen LogP contribution in [0.5, 0.6) is 0 Å². The van der Waals surface area contributed by atoms with Gasteiger partial charge in [0.05, 0.1) is 16.9 Å². The van der Waals surface area contributed by atoms with E-state index in [1.165, 1.54) is 6.07 Å². The van der Waals surface area contributed by atoms with E-state index in [-0.39, 0.29) is 23.6 Å². The van der Waals surface area contributed by atoms with Crippen LogP contribution in [-0.2, 0) is 10.7 Å². The van der Waals surface area contributed by atoms with Gasteiger partial charge in [0.1, 0.15) is 17.7 Å². The number of benzene rings is 1. The molecule has 21 heavy (non-hydrogen) atoms. The number of carbonyl (C=O) groups is 1. The zero-order chi connectivity index (χ0) is 15.7. The molecule has 1 aromatic heterocycles. The first-order valence-electron chi connectivity index (χ1n) is 6.88. The molecule has 1 amide bonds. The summed E-state index contributed by atoms with van der Waals surface area (Å²) in [7, 11) is 0. The molecule has 0 aliphatic rings. The third kappa shape index (κ3) is 3.02. The van der Waals surface area contributed by atoms with E-state index in [1.54, 1.807) is 24.5 Å². The zero-order valence-electron chi connectivity index (χ0n) is 12.6. The molecule has 1 aromatic carbocycles. The molecule has 0 aliphatic carbocycles. The van der Waals surface area contributed by atoms with Gasteiger partial charge in [-0.15, -0.1) is 11.6 Å². The van der Waals surface area contributed by atoms with Crippen LogP contribution in [0.2, 0.25) is 0 Å². The van der Waals surface area contributed by atoms with E-state index in [9.17, 15) is 9.18 Å². The van der Waals surface area contributed by atoms with Gasteiger partial charge in [-0.3, -0.25) is 4.79 Å². The van der Waals surface area contributed by atoms with E-state index in [1.807, 2.05) is 13.8 Å². The van der Waals surface area contributed by atoms with E-state index >= 15 is 0 Å². The van der Waals surface area contributed by atoms with Crippen molar-refractivity contribution in [2.24, 2.45) is 0 Å². The predicted molar refractivity (Wildman–Crippen MR) is 82.0 cm³/mol. The van der Waals surface area contributed by atoms with Crippen LogP contribution in [0.25, 0.3) is 11.0 Å². The first-order chi connectivity index (χ1) is 9.85. The fourth-order valence-electron chi connectivity index (χ4n) is 2.32. The molecule has 0 saturated heterocycles. The second-order valence-electron chi connectivity index (χ2n) is 5.46. The number of hydrogen-bond donors (Lipinski definition) is 1. The predicted octanol–water partition coefficient (Wildman–Crippen LogP) is 3.31. The zero-order valence-corrected chi connectivity index (χ0v) is 13.3. The van der Waals surface area contributed by atoms with Crippen LogP contribution in [0.1, 0.15) is 38.2 Å². The van der Waals surface area contributed by atoms with Crippen molar-refractivity contribution >= 4 is 28.5 Å². The number of nitrogens with one attached hydrogen (secondary N) is 1. The molecule has 0 saturated carbocycles. The number of aryl methyl sites for hydroxylation is 1. The summed E-state index contributed by atoms with van der Waals surface area (Å²) in [5.74, 6) is 0.294. The van der Waals surface area contributed by atoms with Gasteiger partial charge in [-0.05, 0) is 39.3 Å². The molecule has 6 heteroatoms. The number of carbonyl (C=O) groups excluding carboxylic acids is 1. The molecule has 0 spiro atoms.